The number of aromatic nitrogens is 1. The first-order chi connectivity index (χ1) is 13.0. The Morgan fingerprint density at radius 2 is 2.22 bits per heavy atom. The number of hydrogen-bond acceptors (Lipinski definition) is 6. The normalized spacial score (nSPS) is 16.3. The molecule has 0 aliphatic heterocycles. The number of oxazole rings is 1. The summed E-state index contributed by atoms with van der Waals surface area (Å²) in [5.41, 5.74) is 8.52. The molecule has 1 aliphatic rings. The van der Waals surface area contributed by atoms with E-state index in [1.807, 2.05) is 24.3 Å². The molecular weight excluding hydrogens is 382 g/mol. The van der Waals surface area contributed by atoms with Crippen molar-refractivity contribution < 1.29 is 14.0 Å². The highest BCUT2D eigenvalue weighted by molar-refractivity contribution is 7.99. The first-order valence-corrected chi connectivity index (χ1v) is 10.5. The van der Waals surface area contributed by atoms with E-state index < -0.39 is 5.91 Å². The number of primary amides is 1. The molecule has 0 saturated heterocycles. The lowest BCUT2D eigenvalue weighted by Crippen LogP contribution is -2.20. The van der Waals surface area contributed by atoms with Gasteiger partial charge in [0, 0.05) is 4.88 Å². The number of rotatable bonds is 5. The van der Waals surface area contributed by atoms with Crippen LogP contribution in [-0.2, 0) is 17.6 Å². The summed E-state index contributed by atoms with van der Waals surface area (Å²) in [6.45, 7) is 2.20. The van der Waals surface area contributed by atoms with E-state index in [1.165, 1.54) is 23.1 Å². The minimum Gasteiger partial charge on any atom is -0.431 e. The van der Waals surface area contributed by atoms with Gasteiger partial charge in [0.2, 0.25) is 5.91 Å². The van der Waals surface area contributed by atoms with Gasteiger partial charge in [-0.25, -0.2) is 4.98 Å². The van der Waals surface area contributed by atoms with Crippen LogP contribution in [0.3, 0.4) is 0 Å². The Bertz CT molecular complexity index is 992. The van der Waals surface area contributed by atoms with Crippen molar-refractivity contribution in [2.24, 2.45) is 11.7 Å². The van der Waals surface area contributed by atoms with E-state index in [0.29, 0.717) is 27.3 Å². The number of fused-ring (bicyclic) bond motifs is 2. The van der Waals surface area contributed by atoms with Crippen LogP contribution in [0.1, 0.15) is 34.1 Å². The van der Waals surface area contributed by atoms with Crippen molar-refractivity contribution in [2.45, 2.75) is 31.4 Å². The number of thiophene rings is 1. The summed E-state index contributed by atoms with van der Waals surface area (Å²) in [7, 11) is 0. The summed E-state index contributed by atoms with van der Waals surface area (Å²) in [5, 5.41) is 3.86. The van der Waals surface area contributed by atoms with Crippen LogP contribution < -0.4 is 11.1 Å². The molecule has 1 atom stereocenters. The van der Waals surface area contributed by atoms with Crippen LogP contribution in [-0.4, -0.2) is 22.6 Å². The fourth-order valence-corrected chi connectivity index (χ4v) is 5.37. The summed E-state index contributed by atoms with van der Waals surface area (Å²) in [6, 6.07) is 7.46. The number of carbonyl (C=O) groups excluding carboxylic acids is 2. The molecule has 2 aromatic heterocycles. The number of amides is 2. The standard InChI is InChI=1S/C19H19N3O3S2/c1-10-6-7-11-14(8-10)27-18(16(11)17(20)24)22-15(23)9-26-19-21-12-4-2-3-5-13(12)25-19/h2-5,10H,6-9H2,1H3,(H2,20,24)(H,22,23)/t10-/m1/s1. The molecule has 3 aromatic rings. The second-order valence-electron chi connectivity index (χ2n) is 6.70. The topological polar surface area (TPSA) is 98.2 Å². The minimum absolute atomic E-state index is 0.143. The average Bonchev–Trinajstić information content (AvgIpc) is 3.19. The lowest BCUT2D eigenvalue weighted by Gasteiger charge is -2.18. The summed E-state index contributed by atoms with van der Waals surface area (Å²) in [6.07, 6.45) is 2.79. The Labute approximate surface area is 164 Å². The molecule has 0 saturated carbocycles. The van der Waals surface area contributed by atoms with Gasteiger partial charge < -0.3 is 15.5 Å². The zero-order valence-electron chi connectivity index (χ0n) is 14.8. The van der Waals surface area contributed by atoms with Gasteiger partial charge in [-0.15, -0.1) is 11.3 Å². The number of nitrogens with one attached hydrogen (secondary N) is 1. The molecule has 27 heavy (non-hydrogen) atoms. The number of carbonyl (C=O) groups is 2. The number of benzene rings is 1. The SMILES string of the molecule is C[C@@H]1CCc2c(sc(NC(=O)CSc3nc4ccccc4o3)c2C(N)=O)C1. The molecular formula is C19H19N3O3S2. The molecule has 0 spiro atoms. The van der Waals surface area contributed by atoms with Gasteiger partial charge in [0.15, 0.2) is 5.58 Å². The molecule has 2 amide bonds. The summed E-state index contributed by atoms with van der Waals surface area (Å²) in [5.74, 6) is 0.0276. The van der Waals surface area contributed by atoms with Gasteiger partial charge in [0.1, 0.15) is 10.5 Å². The number of para-hydroxylation sites is 2. The molecule has 1 aliphatic carbocycles. The van der Waals surface area contributed by atoms with Crippen molar-refractivity contribution in [1.82, 2.24) is 4.98 Å². The van der Waals surface area contributed by atoms with Gasteiger partial charge in [-0.05, 0) is 42.9 Å². The maximum atomic E-state index is 12.4. The zero-order valence-corrected chi connectivity index (χ0v) is 16.4. The highest BCUT2D eigenvalue weighted by Crippen LogP contribution is 2.39. The molecule has 6 nitrogen and oxygen atoms in total. The maximum absolute atomic E-state index is 12.4. The molecule has 1 aromatic carbocycles. The van der Waals surface area contributed by atoms with Crippen LogP contribution in [0, 0.1) is 5.92 Å². The van der Waals surface area contributed by atoms with Gasteiger partial charge in [0.25, 0.3) is 11.1 Å². The summed E-state index contributed by atoms with van der Waals surface area (Å²) >= 11 is 2.69. The van der Waals surface area contributed by atoms with Crippen molar-refractivity contribution >= 4 is 51.0 Å². The summed E-state index contributed by atoms with van der Waals surface area (Å²) < 4.78 is 5.61. The fourth-order valence-electron chi connectivity index (χ4n) is 3.30. The third-order valence-electron chi connectivity index (χ3n) is 4.61. The molecule has 140 valence electrons. The van der Waals surface area contributed by atoms with Gasteiger partial charge >= 0.3 is 0 Å². The molecule has 0 bridgehead atoms. The highest BCUT2D eigenvalue weighted by Gasteiger charge is 2.27. The summed E-state index contributed by atoms with van der Waals surface area (Å²) in [4.78, 5) is 29.9. The van der Waals surface area contributed by atoms with Crippen LogP contribution in [0.15, 0.2) is 33.9 Å². The number of hydrogen-bond donors (Lipinski definition) is 2. The van der Waals surface area contributed by atoms with Crippen molar-refractivity contribution in [1.29, 1.82) is 0 Å². The monoisotopic (exact) mass is 401 g/mol. The number of anilines is 1. The third kappa shape index (κ3) is 3.72. The molecule has 3 N–H and O–H groups in total. The van der Waals surface area contributed by atoms with Crippen molar-refractivity contribution in [3.63, 3.8) is 0 Å². The van der Waals surface area contributed by atoms with Crippen LogP contribution in [0.25, 0.3) is 11.1 Å². The van der Waals surface area contributed by atoms with Crippen LogP contribution >= 0.6 is 23.1 Å². The Balaban J connectivity index is 1.47. The van der Waals surface area contributed by atoms with Crippen LogP contribution in [0.5, 0.6) is 0 Å². The quantitative estimate of drug-likeness (QED) is 0.633. The van der Waals surface area contributed by atoms with E-state index in [9.17, 15) is 9.59 Å². The van der Waals surface area contributed by atoms with E-state index in [0.717, 1.165) is 35.2 Å². The Morgan fingerprint density at radius 3 is 3.00 bits per heavy atom. The van der Waals surface area contributed by atoms with Gasteiger partial charge in [-0.2, -0.15) is 0 Å². The van der Waals surface area contributed by atoms with Crippen molar-refractivity contribution in [2.75, 3.05) is 11.1 Å². The second kappa shape index (κ2) is 7.36. The Hall–Kier alpha value is -2.32. The first-order valence-electron chi connectivity index (χ1n) is 8.74. The molecule has 0 unspecified atom stereocenters. The molecule has 2 heterocycles. The van der Waals surface area contributed by atoms with E-state index in [-0.39, 0.29) is 11.7 Å². The van der Waals surface area contributed by atoms with Gasteiger partial charge in [-0.3, -0.25) is 9.59 Å². The third-order valence-corrected chi connectivity index (χ3v) is 6.61. The molecule has 4 rings (SSSR count). The van der Waals surface area contributed by atoms with Crippen LogP contribution in [0.2, 0.25) is 0 Å². The van der Waals surface area contributed by atoms with Crippen molar-refractivity contribution in [3.05, 3.63) is 40.3 Å². The highest BCUT2D eigenvalue weighted by atomic mass is 32.2. The Kier molecular flexibility index (Phi) is 4.92. The number of nitrogens with zero attached hydrogens (tertiary/aromatic N) is 1. The first kappa shape index (κ1) is 18.1. The average molecular weight is 402 g/mol. The second-order valence-corrected chi connectivity index (χ2v) is 8.74. The lowest BCUT2D eigenvalue weighted by molar-refractivity contribution is -0.113. The predicted octanol–water partition coefficient (Wildman–Crippen LogP) is 3.84. The van der Waals surface area contributed by atoms with Crippen molar-refractivity contribution in [3.8, 4) is 0 Å². The van der Waals surface area contributed by atoms with E-state index in [4.69, 9.17) is 10.2 Å². The van der Waals surface area contributed by atoms with Gasteiger partial charge in [0.05, 0.1) is 11.3 Å². The van der Waals surface area contributed by atoms with E-state index in [1.54, 1.807) is 0 Å². The van der Waals surface area contributed by atoms with Crippen LogP contribution in [0.4, 0.5) is 5.00 Å². The Morgan fingerprint density at radius 1 is 1.41 bits per heavy atom. The number of nitrogens with two attached hydrogens (primary N) is 1. The largest absolute Gasteiger partial charge is 0.431 e. The zero-order chi connectivity index (χ0) is 19.0. The lowest BCUT2D eigenvalue weighted by atomic mass is 9.88. The smallest absolute Gasteiger partial charge is 0.257 e. The van der Waals surface area contributed by atoms with Gasteiger partial charge in [-0.1, -0.05) is 30.8 Å². The predicted molar refractivity (Wildman–Crippen MR) is 107 cm³/mol. The van der Waals surface area contributed by atoms with E-state index >= 15 is 0 Å². The van der Waals surface area contributed by atoms with E-state index in [2.05, 4.69) is 17.2 Å². The fraction of sp³-hybridized carbons (Fsp3) is 0.316. The maximum Gasteiger partial charge on any atom is 0.257 e. The number of thioether (sulfide) groups is 1. The molecule has 0 fully saturated rings. The molecule has 8 heteroatoms. The molecule has 0 radical (unpaired) electrons. The minimum atomic E-state index is -0.482.